The number of carbonyl (C=O) groups excluding carboxylic acids is 1. The van der Waals surface area contributed by atoms with Gasteiger partial charge in [-0.3, -0.25) is 18.6 Å². The number of nitrogens with two attached hydrogens (primary N) is 1. The monoisotopic (exact) mass is 794 g/mol. The minimum absolute atomic E-state index is 0.0151. The first-order valence-electron chi connectivity index (χ1n) is 21.0. The molecule has 0 spiro atoms. The number of phosphoric ester groups is 1. The van der Waals surface area contributed by atoms with Gasteiger partial charge < -0.3 is 25.2 Å². The molecule has 0 aliphatic heterocycles. The molecule has 11 heteroatoms. The van der Waals surface area contributed by atoms with E-state index in [4.69, 9.17) is 29.4 Å². The first-order valence-corrected chi connectivity index (χ1v) is 22.5. The zero-order valence-electron chi connectivity index (χ0n) is 34.2. The van der Waals surface area contributed by atoms with E-state index in [0.29, 0.717) is 13.0 Å². The fraction of sp³-hybridized carbons (Fsp3) is 0.682. The van der Waals surface area contributed by atoms with Gasteiger partial charge in [-0.05, 0) is 51.4 Å². The second-order valence-electron chi connectivity index (χ2n) is 13.7. The van der Waals surface area contributed by atoms with E-state index in [1.807, 2.05) is 12.2 Å². The maximum atomic E-state index is 12.6. The van der Waals surface area contributed by atoms with Gasteiger partial charge in [0.05, 0.1) is 19.8 Å². The summed E-state index contributed by atoms with van der Waals surface area (Å²) in [5.41, 5.74) is 5.34. The maximum absolute atomic E-state index is 12.6. The summed E-state index contributed by atoms with van der Waals surface area (Å²) in [6.07, 6.45) is 48.2. The molecule has 0 bridgehead atoms. The van der Waals surface area contributed by atoms with Crippen LogP contribution >= 0.6 is 7.82 Å². The number of carboxylic acid groups (broad SMARTS) is 1. The number of ether oxygens (including phenoxy) is 2. The Labute approximate surface area is 334 Å². The number of esters is 1. The van der Waals surface area contributed by atoms with Crippen molar-refractivity contribution in [2.24, 2.45) is 5.73 Å². The van der Waals surface area contributed by atoms with Crippen molar-refractivity contribution >= 4 is 19.8 Å². The van der Waals surface area contributed by atoms with Gasteiger partial charge in [-0.15, -0.1) is 0 Å². The van der Waals surface area contributed by atoms with Crippen molar-refractivity contribution in [2.75, 3.05) is 26.4 Å². The van der Waals surface area contributed by atoms with Crippen LogP contribution in [0.5, 0.6) is 0 Å². The molecule has 0 radical (unpaired) electrons. The van der Waals surface area contributed by atoms with Gasteiger partial charge in [-0.1, -0.05) is 170 Å². The van der Waals surface area contributed by atoms with Crippen molar-refractivity contribution in [3.63, 3.8) is 0 Å². The van der Waals surface area contributed by atoms with Crippen LogP contribution in [0.15, 0.2) is 72.9 Å². The van der Waals surface area contributed by atoms with E-state index in [1.54, 1.807) is 0 Å². The zero-order chi connectivity index (χ0) is 40.5. The van der Waals surface area contributed by atoms with Crippen LogP contribution in [0.1, 0.15) is 155 Å². The average molecular weight is 794 g/mol. The summed E-state index contributed by atoms with van der Waals surface area (Å²) in [7, 11) is -4.64. The Bertz CT molecular complexity index is 1150. The molecule has 0 aromatic carbocycles. The van der Waals surface area contributed by atoms with Crippen LogP contribution in [-0.2, 0) is 32.7 Å². The molecule has 3 atom stereocenters. The van der Waals surface area contributed by atoms with Crippen molar-refractivity contribution in [1.29, 1.82) is 0 Å². The second-order valence-corrected chi connectivity index (χ2v) is 15.2. The average Bonchev–Trinajstić information content (AvgIpc) is 3.16. The molecule has 0 saturated heterocycles. The van der Waals surface area contributed by atoms with Crippen LogP contribution in [0, 0.1) is 0 Å². The van der Waals surface area contributed by atoms with E-state index < -0.39 is 45.1 Å². The molecular weight excluding hydrogens is 717 g/mol. The van der Waals surface area contributed by atoms with Gasteiger partial charge in [-0.25, -0.2) is 4.57 Å². The van der Waals surface area contributed by atoms with Crippen molar-refractivity contribution < 1.29 is 42.7 Å². The Morgan fingerprint density at radius 3 is 1.47 bits per heavy atom. The Kier molecular flexibility index (Phi) is 37.8. The highest BCUT2D eigenvalue weighted by Crippen LogP contribution is 2.43. The molecule has 0 amide bonds. The van der Waals surface area contributed by atoms with Crippen LogP contribution in [0.2, 0.25) is 0 Å². The lowest BCUT2D eigenvalue weighted by Crippen LogP contribution is -2.34. The molecule has 3 unspecified atom stereocenters. The number of hydrogen-bond acceptors (Lipinski definition) is 8. The first-order chi connectivity index (χ1) is 26.7. The highest BCUT2D eigenvalue weighted by Gasteiger charge is 2.27. The van der Waals surface area contributed by atoms with Crippen molar-refractivity contribution in [2.45, 2.75) is 167 Å². The number of hydrogen-bond donors (Lipinski definition) is 3. The number of carboxylic acids is 1. The molecule has 55 heavy (non-hydrogen) atoms. The molecule has 0 aromatic heterocycles. The number of rotatable bonds is 39. The van der Waals surface area contributed by atoms with Gasteiger partial charge in [0.25, 0.3) is 0 Å². The minimum Gasteiger partial charge on any atom is -0.480 e. The van der Waals surface area contributed by atoms with Crippen LogP contribution < -0.4 is 5.73 Å². The molecule has 0 saturated carbocycles. The quantitative estimate of drug-likeness (QED) is 0.0237. The highest BCUT2D eigenvalue weighted by molar-refractivity contribution is 7.47. The summed E-state index contributed by atoms with van der Waals surface area (Å²) < 4.78 is 33.2. The SMILES string of the molecule is CC/C=C\C/C=C\C/C=C\C/C=C\C/C=C\C/C=C\CCC(=O)OC(COCCCCCCCCCCCCCCCC)COP(=O)(O)OCC(N)C(=O)O. The van der Waals surface area contributed by atoms with Crippen LogP contribution in [-0.4, -0.2) is 60.5 Å². The Morgan fingerprint density at radius 2 is 1.02 bits per heavy atom. The van der Waals surface area contributed by atoms with E-state index in [9.17, 15) is 19.0 Å². The highest BCUT2D eigenvalue weighted by atomic mass is 31.2. The zero-order valence-corrected chi connectivity index (χ0v) is 35.1. The Morgan fingerprint density at radius 1 is 0.600 bits per heavy atom. The molecule has 0 aromatic rings. The number of allylic oxidation sites excluding steroid dienone is 12. The topological polar surface area (TPSA) is 155 Å². The largest absolute Gasteiger partial charge is 0.480 e. The molecule has 4 N–H and O–H groups in total. The third-order valence-electron chi connectivity index (χ3n) is 8.51. The van der Waals surface area contributed by atoms with Crippen LogP contribution in [0.3, 0.4) is 0 Å². The first kappa shape index (κ1) is 52.4. The van der Waals surface area contributed by atoms with E-state index in [2.05, 4.69) is 74.6 Å². The molecular formula is C44H76NO9P. The smallest absolute Gasteiger partial charge is 0.472 e. The number of carbonyl (C=O) groups is 2. The number of unbranched alkanes of at least 4 members (excludes halogenated alkanes) is 13. The third-order valence-corrected chi connectivity index (χ3v) is 9.46. The van der Waals surface area contributed by atoms with Gasteiger partial charge in [-0.2, -0.15) is 0 Å². The predicted octanol–water partition coefficient (Wildman–Crippen LogP) is 11.4. The lowest BCUT2D eigenvalue weighted by atomic mass is 10.0. The molecule has 0 aliphatic carbocycles. The lowest BCUT2D eigenvalue weighted by Gasteiger charge is -2.20. The summed E-state index contributed by atoms with van der Waals surface area (Å²) in [4.78, 5) is 33.5. The van der Waals surface area contributed by atoms with E-state index >= 15 is 0 Å². The summed E-state index contributed by atoms with van der Waals surface area (Å²) in [6.45, 7) is 3.66. The fourth-order valence-corrected chi connectivity index (χ4v) is 6.05. The minimum atomic E-state index is -4.64. The molecule has 0 fully saturated rings. The van der Waals surface area contributed by atoms with Gasteiger partial charge in [0, 0.05) is 13.0 Å². The maximum Gasteiger partial charge on any atom is 0.472 e. The van der Waals surface area contributed by atoms with Gasteiger partial charge in [0.2, 0.25) is 0 Å². The molecule has 10 nitrogen and oxygen atoms in total. The number of aliphatic carboxylic acids is 1. The fourth-order valence-electron chi connectivity index (χ4n) is 5.28. The van der Waals surface area contributed by atoms with Crippen molar-refractivity contribution in [3.05, 3.63) is 72.9 Å². The van der Waals surface area contributed by atoms with Crippen LogP contribution in [0.25, 0.3) is 0 Å². The lowest BCUT2D eigenvalue weighted by molar-refractivity contribution is -0.154. The third kappa shape index (κ3) is 39.4. The second kappa shape index (κ2) is 39.6. The summed E-state index contributed by atoms with van der Waals surface area (Å²) in [5, 5.41) is 8.88. The van der Waals surface area contributed by atoms with E-state index in [-0.39, 0.29) is 13.0 Å². The number of phosphoric acid groups is 1. The summed E-state index contributed by atoms with van der Waals surface area (Å²) in [5.74, 6) is -1.87. The van der Waals surface area contributed by atoms with Crippen molar-refractivity contribution in [3.8, 4) is 0 Å². The van der Waals surface area contributed by atoms with Crippen molar-refractivity contribution in [1.82, 2.24) is 0 Å². The van der Waals surface area contributed by atoms with E-state index in [0.717, 1.165) is 57.8 Å². The summed E-state index contributed by atoms with van der Waals surface area (Å²) >= 11 is 0. The molecule has 316 valence electrons. The molecule has 0 aliphatic rings. The molecule has 0 heterocycles. The Balaban J connectivity index is 4.40. The predicted molar refractivity (Wildman–Crippen MR) is 226 cm³/mol. The standard InChI is InChI=1S/C44H76NO9P/c1-3-5-7-9-11-13-15-17-19-20-21-22-23-24-26-28-30-32-34-36-43(46)54-41(39-52-55(49,50)53-40-42(45)44(47)48)38-51-37-35-33-31-29-27-25-18-16-14-12-10-8-6-4-2/h5,7,11,13,17,19,21-22,24,26,30,32,41-42H,3-4,6,8-10,12,14-16,18,20,23,25,27-29,31,33-40,45H2,1-2H3,(H,47,48)(H,49,50)/b7-5-,13-11-,19-17-,22-21-,26-24-,32-30-. The van der Waals surface area contributed by atoms with E-state index in [1.165, 1.54) is 70.6 Å². The molecule has 0 rings (SSSR count). The van der Waals surface area contributed by atoms with Crippen LogP contribution in [0.4, 0.5) is 0 Å². The Hall–Kier alpha value is -2.59. The van der Waals surface area contributed by atoms with Gasteiger partial charge in [0.15, 0.2) is 0 Å². The van der Waals surface area contributed by atoms with Gasteiger partial charge >= 0.3 is 19.8 Å². The van der Waals surface area contributed by atoms with Gasteiger partial charge in [0.1, 0.15) is 12.1 Å². The summed E-state index contributed by atoms with van der Waals surface area (Å²) in [6, 6.07) is -1.49. The normalized spacial score (nSPS) is 14.7.